The monoisotopic (exact) mass is 288 g/mol. The largest absolute Gasteiger partial charge is 0.323 e. The zero-order valence-electron chi connectivity index (χ0n) is 13.9. The lowest BCUT2D eigenvalue weighted by Gasteiger charge is -2.29. The summed E-state index contributed by atoms with van der Waals surface area (Å²) >= 11 is 0. The number of nitrogens with two attached hydrogens (primary N) is 1. The second-order valence-electron chi connectivity index (χ2n) is 6.68. The Balaban J connectivity index is 1.88. The molecule has 1 aromatic rings. The number of hydrogen-bond donors (Lipinski definition) is 1. The van der Waals surface area contributed by atoms with Crippen LogP contribution in [0.15, 0.2) is 24.3 Å². The summed E-state index contributed by atoms with van der Waals surface area (Å²) < 4.78 is 0. The van der Waals surface area contributed by atoms with E-state index in [1.807, 2.05) is 0 Å². The highest BCUT2D eigenvalue weighted by molar-refractivity contribution is 5.25. The van der Waals surface area contributed by atoms with Crippen LogP contribution in [-0.2, 0) is 6.42 Å². The standard InChI is InChI=1S/C19H32N2/c1-3-8-16-11-13-17(14-12-16)19(20)15-21(2)18-9-6-4-5-7-10-18/h11-14,18-19H,3-10,15,20H2,1-2H3. The highest BCUT2D eigenvalue weighted by Gasteiger charge is 2.19. The first-order valence-electron chi connectivity index (χ1n) is 8.75. The van der Waals surface area contributed by atoms with Crippen LogP contribution in [0.2, 0.25) is 0 Å². The summed E-state index contributed by atoms with van der Waals surface area (Å²) in [6.45, 7) is 3.19. The molecule has 0 saturated heterocycles. The number of hydrogen-bond acceptors (Lipinski definition) is 2. The van der Waals surface area contributed by atoms with Gasteiger partial charge in [-0.15, -0.1) is 0 Å². The summed E-state index contributed by atoms with van der Waals surface area (Å²) in [5.41, 5.74) is 9.12. The molecule has 1 fully saturated rings. The van der Waals surface area contributed by atoms with Gasteiger partial charge in [0.05, 0.1) is 0 Å². The molecule has 1 aromatic carbocycles. The predicted molar refractivity (Wildman–Crippen MR) is 91.5 cm³/mol. The molecule has 1 aliphatic rings. The number of rotatable bonds is 6. The molecule has 1 saturated carbocycles. The van der Waals surface area contributed by atoms with E-state index >= 15 is 0 Å². The van der Waals surface area contributed by atoms with E-state index in [1.165, 1.54) is 56.1 Å². The first-order valence-corrected chi connectivity index (χ1v) is 8.75. The Morgan fingerprint density at radius 2 is 1.71 bits per heavy atom. The van der Waals surface area contributed by atoms with Crippen molar-refractivity contribution in [2.75, 3.05) is 13.6 Å². The van der Waals surface area contributed by atoms with E-state index < -0.39 is 0 Å². The fourth-order valence-electron chi connectivity index (χ4n) is 3.48. The fraction of sp³-hybridized carbons (Fsp3) is 0.684. The van der Waals surface area contributed by atoms with Crippen molar-refractivity contribution in [1.29, 1.82) is 0 Å². The van der Waals surface area contributed by atoms with Gasteiger partial charge < -0.3 is 10.6 Å². The Bertz CT molecular complexity index is 391. The minimum Gasteiger partial charge on any atom is -0.323 e. The molecule has 0 radical (unpaired) electrons. The van der Waals surface area contributed by atoms with Crippen LogP contribution in [0.3, 0.4) is 0 Å². The van der Waals surface area contributed by atoms with Crippen molar-refractivity contribution < 1.29 is 0 Å². The molecule has 2 heteroatoms. The molecular formula is C19H32N2. The van der Waals surface area contributed by atoms with Gasteiger partial charge in [0.2, 0.25) is 0 Å². The average Bonchev–Trinajstić information content (AvgIpc) is 2.77. The summed E-state index contributed by atoms with van der Waals surface area (Å²) in [5.74, 6) is 0. The molecule has 2 N–H and O–H groups in total. The third kappa shape index (κ3) is 5.12. The molecular weight excluding hydrogens is 256 g/mol. The highest BCUT2D eigenvalue weighted by Crippen LogP contribution is 2.22. The van der Waals surface area contributed by atoms with Crippen molar-refractivity contribution in [2.24, 2.45) is 5.73 Å². The Morgan fingerprint density at radius 3 is 2.29 bits per heavy atom. The lowest BCUT2D eigenvalue weighted by molar-refractivity contribution is 0.209. The average molecular weight is 288 g/mol. The van der Waals surface area contributed by atoms with E-state index in [4.69, 9.17) is 5.73 Å². The fourth-order valence-corrected chi connectivity index (χ4v) is 3.48. The predicted octanol–water partition coefficient (Wildman–Crippen LogP) is 4.29. The molecule has 0 spiro atoms. The Labute approximate surface area is 130 Å². The maximum absolute atomic E-state index is 6.42. The summed E-state index contributed by atoms with van der Waals surface area (Å²) in [5, 5.41) is 0. The lowest BCUT2D eigenvalue weighted by atomic mass is 10.0. The van der Waals surface area contributed by atoms with Crippen molar-refractivity contribution in [3.05, 3.63) is 35.4 Å². The van der Waals surface area contributed by atoms with Crippen LogP contribution in [0.25, 0.3) is 0 Å². The Kier molecular flexibility index (Phi) is 6.72. The molecule has 0 aliphatic heterocycles. The zero-order valence-corrected chi connectivity index (χ0v) is 13.9. The van der Waals surface area contributed by atoms with Gasteiger partial charge in [-0.2, -0.15) is 0 Å². The Hall–Kier alpha value is -0.860. The number of aryl methyl sites for hydroxylation is 1. The summed E-state index contributed by atoms with van der Waals surface area (Å²) in [6.07, 6.45) is 10.7. The number of likely N-dealkylation sites (N-methyl/N-ethyl adjacent to an activating group) is 1. The van der Waals surface area contributed by atoms with Gasteiger partial charge in [0, 0.05) is 18.6 Å². The topological polar surface area (TPSA) is 29.3 Å². The quantitative estimate of drug-likeness (QED) is 0.791. The molecule has 2 nitrogen and oxygen atoms in total. The van der Waals surface area contributed by atoms with Crippen LogP contribution in [0.4, 0.5) is 0 Å². The summed E-state index contributed by atoms with van der Waals surface area (Å²) in [7, 11) is 2.25. The van der Waals surface area contributed by atoms with Gasteiger partial charge in [-0.25, -0.2) is 0 Å². The second kappa shape index (κ2) is 8.55. The van der Waals surface area contributed by atoms with Crippen molar-refractivity contribution in [2.45, 2.75) is 70.4 Å². The molecule has 118 valence electrons. The highest BCUT2D eigenvalue weighted by atomic mass is 15.1. The SMILES string of the molecule is CCCc1ccc(C(N)CN(C)C2CCCCCC2)cc1. The van der Waals surface area contributed by atoms with E-state index in [0.717, 1.165) is 19.0 Å². The molecule has 1 atom stereocenters. The lowest BCUT2D eigenvalue weighted by Crippen LogP contribution is -2.37. The third-order valence-electron chi connectivity index (χ3n) is 4.88. The van der Waals surface area contributed by atoms with Gasteiger partial charge >= 0.3 is 0 Å². The van der Waals surface area contributed by atoms with Crippen LogP contribution < -0.4 is 5.73 Å². The third-order valence-corrected chi connectivity index (χ3v) is 4.88. The van der Waals surface area contributed by atoms with E-state index in [0.29, 0.717) is 0 Å². The van der Waals surface area contributed by atoms with Gasteiger partial charge in [0.15, 0.2) is 0 Å². The Morgan fingerprint density at radius 1 is 1.10 bits per heavy atom. The van der Waals surface area contributed by atoms with E-state index in [1.54, 1.807) is 0 Å². The molecule has 1 unspecified atom stereocenters. The molecule has 0 heterocycles. The first kappa shape index (κ1) is 16.5. The van der Waals surface area contributed by atoms with Crippen LogP contribution >= 0.6 is 0 Å². The first-order chi connectivity index (χ1) is 10.2. The van der Waals surface area contributed by atoms with Gasteiger partial charge in [0.1, 0.15) is 0 Å². The number of benzene rings is 1. The summed E-state index contributed by atoms with van der Waals surface area (Å²) in [6, 6.07) is 9.79. The van der Waals surface area contributed by atoms with Crippen molar-refractivity contribution in [1.82, 2.24) is 4.90 Å². The maximum Gasteiger partial charge on any atom is 0.0424 e. The molecule has 0 aromatic heterocycles. The molecule has 21 heavy (non-hydrogen) atoms. The van der Waals surface area contributed by atoms with Crippen molar-refractivity contribution in [3.63, 3.8) is 0 Å². The van der Waals surface area contributed by atoms with Crippen LogP contribution in [0.1, 0.15) is 69.0 Å². The van der Waals surface area contributed by atoms with Gasteiger partial charge in [-0.05, 0) is 37.4 Å². The van der Waals surface area contributed by atoms with E-state index in [-0.39, 0.29) is 6.04 Å². The van der Waals surface area contributed by atoms with E-state index in [9.17, 15) is 0 Å². The van der Waals surface area contributed by atoms with Gasteiger partial charge in [0.25, 0.3) is 0 Å². The van der Waals surface area contributed by atoms with Gasteiger partial charge in [-0.3, -0.25) is 0 Å². The molecule has 2 rings (SSSR count). The summed E-state index contributed by atoms with van der Waals surface area (Å²) in [4.78, 5) is 2.50. The van der Waals surface area contributed by atoms with Crippen LogP contribution in [0.5, 0.6) is 0 Å². The molecule has 0 bridgehead atoms. The van der Waals surface area contributed by atoms with Crippen molar-refractivity contribution >= 4 is 0 Å². The number of nitrogens with zero attached hydrogens (tertiary/aromatic N) is 1. The normalized spacial score (nSPS) is 18.7. The van der Waals surface area contributed by atoms with Crippen LogP contribution in [-0.4, -0.2) is 24.5 Å². The molecule has 1 aliphatic carbocycles. The van der Waals surface area contributed by atoms with E-state index in [2.05, 4.69) is 43.1 Å². The molecule has 0 amide bonds. The van der Waals surface area contributed by atoms with Crippen molar-refractivity contribution in [3.8, 4) is 0 Å². The minimum absolute atomic E-state index is 0.133. The maximum atomic E-state index is 6.42. The smallest absolute Gasteiger partial charge is 0.0424 e. The van der Waals surface area contributed by atoms with Crippen LogP contribution in [0, 0.1) is 0 Å². The second-order valence-corrected chi connectivity index (χ2v) is 6.68. The van der Waals surface area contributed by atoms with Gasteiger partial charge in [-0.1, -0.05) is 63.3 Å². The minimum atomic E-state index is 0.133. The zero-order chi connectivity index (χ0) is 15.1.